The molecular formula is C24H33N5O7S. The second-order valence-electron chi connectivity index (χ2n) is 9.63. The summed E-state index contributed by atoms with van der Waals surface area (Å²) in [6.07, 6.45) is 5.93. The fourth-order valence-corrected chi connectivity index (χ4v) is 5.48. The highest BCUT2D eigenvalue weighted by Crippen LogP contribution is 2.40. The molecule has 0 radical (unpaired) electrons. The number of hydrogen-bond donors (Lipinski definition) is 2. The van der Waals surface area contributed by atoms with Crippen LogP contribution in [0.15, 0.2) is 12.1 Å². The van der Waals surface area contributed by atoms with Gasteiger partial charge in [-0.05, 0) is 31.7 Å². The molecule has 3 aliphatic rings. The van der Waals surface area contributed by atoms with Gasteiger partial charge in [0.1, 0.15) is 5.82 Å². The van der Waals surface area contributed by atoms with Gasteiger partial charge in [-0.3, -0.25) is 19.0 Å². The summed E-state index contributed by atoms with van der Waals surface area (Å²) in [6, 6.07) is 3.54. The number of carbonyl (C=O) groups excluding carboxylic acids is 2. The summed E-state index contributed by atoms with van der Waals surface area (Å²) >= 11 is 0. The number of rotatable bonds is 4. The van der Waals surface area contributed by atoms with Gasteiger partial charge in [0.05, 0.1) is 37.8 Å². The van der Waals surface area contributed by atoms with Crippen LogP contribution in [0, 0.1) is 11.8 Å². The smallest absolute Gasteiger partial charge is 0.261 e. The Morgan fingerprint density at radius 1 is 0.946 bits per heavy atom. The molecule has 1 aromatic heterocycles. The van der Waals surface area contributed by atoms with Crippen LogP contribution in [0.2, 0.25) is 0 Å². The van der Waals surface area contributed by atoms with E-state index in [1.165, 1.54) is 0 Å². The highest BCUT2D eigenvalue weighted by molar-refractivity contribution is 7.85. The standard InChI is InChI=1S/C23H29N5O4.CH4O3S/c1-31-18-11-16-17(12-19(18)32-2)25-23(26-20(16)24)27-9-7-13(8-10-27)28-21(29)14-5-3-4-6-15(14)22(28)30;1-5(2,3)4/h11-15H,3-10H2,1-2H3,(H2,24,25,26);1H3,(H,2,3,4). The van der Waals surface area contributed by atoms with Crippen molar-refractivity contribution >= 4 is 44.6 Å². The third-order valence-corrected chi connectivity index (χ3v) is 7.21. The number of imide groups is 1. The predicted molar refractivity (Wildman–Crippen MR) is 137 cm³/mol. The predicted octanol–water partition coefficient (Wildman–Crippen LogP) is 1.88. The maximum absolute atomic E-state index is 12.9. The molecule has 2 saturated heterocycles. The molecule has 1 saturated carbocycles. The van der Waals surface area contributed by atoms with Gasteiger partial charge in [-0.1, -0.05) is 12.8 Å². The van der Waals surface area contributed by atoms with E-state index in [1.807, 2.05) is 0 Å². The average molecular weight is 536 g/mol. The first kappa shape index (κ1) is 26.9. The highest BCUT2D eigenvalue weighted by atomic mass is 32.2. The second-order valence-corrected chi connectivity index (χ2v) is 11.1. The Balaban J connectivity index is 0.000000586. The Morgan fingerprint density at radius 3 is 1.97 bits per heavy atom. The molecule has 202 valence electrons. The van der Waals surface area contributed by atoms with Crippen molar-refractivity contribution < 1.29 is 32.0 Å². The summed E-state index contributed by atoms with van der Waals surface area (Å²) in [5, 5.41) is 0.706. The molecule has 2 atom stereocenters. The third-order valence-electron chi connectivity index (χ3n) is 7.21. The molecule has 13 heteroatoms. The second kappa shape index (κ2) is 10.7. The summed E-state index contributed by atoms with van der Waals surface area (Å²) in [6.45, 7) is 1.32. The summed E-state index contributed by atoms with van der Waals surface area (Å²) in [7, 11) is -0.513. The van der Waals surface area contributed by atoms with E-state index in [1.54, 1.807) is 31.3 Å². The van der Waals surface area contributed by atoms with Crippen molar-refractivity contribution in [2.75, 3.05) is 44.2 Å². The van der Waals surface area contributed by atoms with Crippen LogP contribution in [0.25, 0.3) is 10.9 Å². The van der Waals surface area contributed by atoms with E-state index in [9.17, 15) is 18.0 Å². The molecule has 1 aliphatic carbocycles. The number of nitrogens with zero attached hydrogens (tertiary/aromatic N) is 4. The van der Waals surface area contributed by atoms with Gasteiger partial charge >= 0.3 is 0 Å². The van der Waals surface area contributed by atoms with Gasteiger partial charge in [-0.2, -0.15) is 13.4 Å². The lowest BCUT2D eigenvalue weighted by Gasteiger charge is -2.36. The van der Waals surface area contributed by atoms with Crippen LogP contribution in [0.5, 0.6) is 11.5 Å². The largest absolute Gasteiger partial charge is 0.493 e. The van der Waals surface area contributed by atoms with Crippen LogP contribution in [0.1, 0.15) is 38.5 Å². The number of anilines is 2. The number of methoxy groups -OCH3 is 2. The van der Waals surface area contributed by atoms with Gasteiger partial charge in [0, 0.05) is 30.6 Å². The lowest BCUT2D eigenvalue weighted by Crippen LogP contribution is -2.48. The minimum atomic E-state index is -3.67. The molecule has 2 unspecified atom stereocenters. The normalized spacial score (nSPS) is 22.5. The molecule has 3 N–H and O–H groups in total. The minimum absolute atomic E-state index is 0.0426. The Bertz CT molecular complexity index is 1260. The maximum Gasteiger partial charge on any atom is 0.261 e. The fraction of sp³-hybridized carbons (Fsp3) is 0.583. The zero-order chi connectivity index (χ0) is 26.9. The summed E-state index contributed by atoms with van der Waals surface area (Å²) in [5.41, 5.74) is 6.92. The Kier molecular flexibility index (Phi) is 7.74. The zero-order valence-electron chi connectivity index (χ0n) is 21.2. The zero-order valence-corrected chi connectivity index (χ0v) is 22.0. The minimum Gasteiger partial charge on any atom is -0.493 e. The lowest BCUT2D eigenvalue weighted by atomic mass is 9.81. The molecule has 12 nitrogen and oxygen atoms in total. The van der Waals surface area contributed by atoms with Crippen LogP contribution in [0.4, 0.5) is 11.8 Å². The van der Waals surface area contributed by atoms with Crippen LogP contribution in [0.3, 0.4) is 0 Å². The number of fused-ring (bicyclic) bond motifs is 2. The number of nitrogen functional groups attached to an aromatic ring is 1. The van der Waals surface area contributed by atoms with Crippen molar-refractivity contribution in [3.05, 3.63) is 12.1 Å². The number of piperidine rings is 1. The Labute approximate surface area is 215 Å². The number of amides is 2. The molecule has 37 heavy (non-hydrogen) atoms. The van der Waals surface area contributed by atoms with E-state index in [0.717, 1.165) is 25.7 Å². The Morgan fingerprint density at radius 2 is 1.46 bits per heavy atom. The molecule has 0 bridgehead atoms. The quantitative estimate of drug-likeness (QED) is 0.433. The summed E-state index contributed by atoms with van der Waals surface area (Å²) in [5.74, 6) is 1.99. The summed E-state index contributed by atoms with van der Waals surface area (Å²) in [4.78, 5) is 38.7. The van der Waals surface area contributed by atoms with Crippen molar-refractivity contribution in [3.63, 3.8) is 0 Å². The highest BCUT2D eigenvalue weighted by Gasteiger charge is 2.50. The molecule has 3 fully saturated rings. The number of nitrogens with two attached hydrogens (primary N) is 1. The van der Waals surface area contributed by atoms with E-state index in [4.69, 9.17) is 24.7 Å². The molecular weight excluding hydrogens is 502 g/mol. The first-order chi connectivity index (χ1) is 17.5. The van der Waals surface area contributed by atoms with Crippen molar-refractivity contribution in [3.8, 4) is 11.5 Å². The van der Waals surface area contributed by atoms with Gasteiger partial charge in [-0.15, -0.1) is 0 Å². The third kappa shape index (κ3) is 5.72. The molecule has 2 aromatic rings. The molecule has 0 spiro atoms. The van der Waals surface area contributed by atoms with Crippen molar-refractivity contribution in [1.29, 1.82) is 0 Å². The number of likely N-dealkylation sites (tertiary alicyclic amines) is 1. The van der Waals surface area contributed by atoms with Crippen LogP contribution < -0.4 is 20.1 Å². The van der Waals surface area contributed by atoms with Gasteiger partial charge in [0.15, 0.2) is 11.5 Å². The van der Waals surface area contributed by atoms with Gasteiger partial charge in [0.2, 0.25) is 17.8 Å². The molecule has 5 rings (SSSR count). The molecule has 1 aromatic carbocycles. The van der Waals surface area contributed by atoms with Crippen molar-refractivity contribution in [2.24, 2.45) is 11.8 Å². The van der Waals surface area contributed by atoms with Crippen LogP contribution in [-0.4, -0.2) is 79.3 Å². The van der Waals surface area contributed by atoms with Gasteiger partial charge in [-0.25, -0.2) is 4.98 Å². The SMILES string of the molecule is COc1cc2nc(N3CCC(N4C(=O)C5CCCCC5C4=O)CC3)nc(N)c2cc1OC.CS(=O)(=O)O. The van der Waals surface area contributed by atoms with E-state index >= 15 is 0 Å². The topological polar surface area (TPSA) is 165 Å². The van der Waals surface area contributed by atoms with Gasteiger partial charge < -0.3 is 20.1 Å². The van der Waals surface area contributed by atoms with E-state index in [-0.39, 0.29) is 29.7 Å². The van der Waals surface area contributed by atoms with Crippen molar-refractivity contribution in [1.82, 2.24) is 14.9 Å². The maximum atomic E-state index is 12.9. The number of carbonyl (C=O) groups is 2. The van der Waals surface area contributed by atoms with Gasteiger partial charge in [0.25, 0.3) is 10.1 Å². The lowest BCUT2D eigenvalue weighted by molar-refractivity contribution is -0.143. The van der Waals surface area contributed by atoms with Crippen LogP contribution in [-0.2, 0) is 19.7 Å². The summed E-state index contributed by atoms with van der Waals surface area (Å²) < 4.78 is 36.6. The van der Waals surface area contributed by atoms with Crippen molar-refractivity contribution in [2.45, 2.75) is 44.6 Å². The average Bonchev–Trinajstić information content (AvgIpc) is 3.12. The first-order valence-corrected chi connectivity index (χ1v) is 14.1. The molecule has 2 aliphatic heterocycles. The molecule has 3 heterocycles. The number of ether oxygens (including phenoxy) is 2. The number of hydrogen-bond acceptors (Lipinski definition) is 10. The first-order valence-electron chi connectivity index (χ1n) is 12.3. The Hall–Kier alpha value is -3.19. The van der Waals surface area contributed by atoms with E-state index < -0.39 is 10.1 Å². The van der Waals surface area contributed by atoms with Crippen LogP contribution >= 0.6 is 0 Å². The fourth-order valence-electron chi connectivity index (χ4n) is 5.48. The van der Waals surface area contributed by atoms with E-state index in [0.29, 0.717) is 66.4 Å². The number of benzene rings is 1. The molecule has 2 amide bonds. The monoisotopic (exact) mass is 535 g/mol. The number of aromatic nitrogens is 2. The van der Waals surface area contributed by atoms with E-state index in [2.05, 4.69) is 9.88 Å².